The Kier molecular flexibility index (Phi) is 5.45. The van der Waals surface area contributed by atoms with Gasteiger partial charge in [0.05, 0.1) is 12.7 Å². The number of carbonyl (C=O) groups excluding carboxylic acids is 1. The zero-order valence-electron chi connectivity index (χ0n) is 14.1. The third-order valence-electron chi connectivity index (χ3n) is 4.01. The number of halogens is 2. The molecular weight excluding hydrogens is 346 g/mol. The van der Waals surface area contributed by atoms with Crippen LogP contribution in [0, 0.1) is 0 Å². The quantitative estimate of drug-likeness (QED) is 0.809. The van der Waals surface area contributed by atoms with E-state index in [2.05, 4.69) is 14.7 Å². The standard InChI is InChI=1S/C17H18F2N4O3/c1-25-14-6-7-20-17(21-14)23-10-8-22(9-11-23)15(24)12-4-2-3-5-13(12)26-16(18)19/h2-7,16H,8-11H2,1H3. The molecule has 1 aliphatic rings. The molecule has 9 heteroatoms. The molecule has 1 amide bonds. The average molecular weight is 364 g/mol. The van der Waals surface area contributed by atoms with Crippen LogP contribution in [0.2, 0.25) is 0 Å². The van der Waals surface area contributed by atoms with E-state index >= 15 is 0 Å². The van der Waals surface area contributed by atoms with Gasteiger partial charge in [0.1, 0.15) is 5.75 Å². The molecule has 1 fully saturated rings. The Morgan fingerprint density at radius 1 is 1.15 bits per heavy atom. The summed E-state index contributed by atoms with van der Waals surface area (Å²) in [5.74, 6) is 0.531. The number of carbonyl (C=O) groups is 1. The minimum atomic E-state index is -2.98. The largest absolute Gasteiger partial charge is 0.481 e. The van der Waals surface area contributed by atoms with Crippen molar-refractivity contribution in [3.63, 3.8) is 0 Å². The molecule has 138 valence electrons. The maximum absolute atomic E-state index is 12.7. The maximum Gasteiger partial charge on any atom is 0.387 e. The monoisotopic (exact) mass is 364 g/mol. The number of benzene rings is 1. The normalized spacial score (nSPS) is 14.5. The Balaban J connectivity index is 1.67. The number of hydrogen-bond acceptors (Lipinski definition) is 6. The Morgan fingerprint density at radius 2 is 1.88 bits per heavy atom. The molecule has 0 atom stereocenters. The predicted molar refractivity (Wildman–Crippen MR) is 89.8 cm³/mol. The lowest BCUT2D eigenvalue weighted by atomic mass is 10.1. The molecule has 1 aromatic heterocycles. The van der Waals surface area contributed by atoms with E-state index in [1.807, 2.05) is 4.90 Å². The van der Waals surface area contributed by atoms with E-state index in [1.54, 1.807) is 29.3 Å². The van der Waals surface area contributed by atoms with Crippen molar-refractivity contribution in [3.05, 3.63) is 42.1 Å². The van der Waals surface area contributed by atoms with Crippen molar-refractivity contribution in [1.82, 2.24) is 14.9 Å². The number of amides is 1. The van der Waals surface area contributed by atoms with Crippen molar-refractivity contribution >= 4 is 11.9 Å². The molecule has 26 heavy (non-hydrogen) atoms. The van der Waals surface area contributed by atoms with E-state index in [0.29, 0.717) is 38.0 Å². The number of para-hydroxylation sites is 1. The van der Waals surface area contributed by atoms with E-state index in [4.69, 9.17) is 4.74 Å². The number of alkyl halides is 2. The molecule has 0 spiro atoms. The van der Waals surface area contributed by atoms with Gasteiger partial charge in [-0.25, -0.2) is 4.98 Å². The minimum Gasteiger partial charge on any atom is -0.481 e. The van der Waals surface area contributed by atoms with Gasteiger partial charge in [-0.05, 0) is 12.1 Å². The summed E-state index contributed by atoms with van der Waals surface area (Å²) in [5, 5.41) is 0. The summed E-state index contributed by atoms with van der Waals surface area (Å²) in [6.45, 7) is -1.09. The Labute approximate surface area is 149 Å². The van der Waals surface area contributed by atoms with E-state index in [-0.39, 0.29) is 17.2 Å². The Morgan fingerprint density at radius 3 is 2.58 bits per heavy atom. The average Bonchev–Trinajstić information content (AvgIpc) is 2.67. The van der Waals surface area contributed by atoms with Crippen molar-refractivity contribution in [2.24, 2.45) is 0 Å². The van der Waals surface area contributed by atoms with E-state index in [1.165, 1.54) is 19.2 Å². The zero-order valence-corrected chi connectivity index (χ0v) is 14.1. The van der Waals surface area contributed by atoms with Gasteiger partial charge in [-0.3, -0.25) is 4.79 Å². The van der Waals surface area contributed by atoms with Gasteiger partial charge in [-0.1, -0.05) is 12.1 Å². The fourth-order valence-corrected chi connectivity index (χ4v) is 2.72. The number of ether oxygens (including phenoxy) is 2. The summed E-state index contributed by atoms with van der Waals surface area (Å²) in [7, 11) is 1.53. The summed E-state index contributed by atoms with van der Waals surface area (Å²) in [6.07, 6.45) is 1.61. The van der Waals surface area contributed by atoms with Gasteiger partial charge in [0.25, 0.3) is 5.91 Å². The first kappa shape index (κ1) is 17.8. The molecule has 0 N–H and O–H groups in total. The molecule has 0 unspecified atom stereocenters. The van der Waals surface area contributed by atoms with Crippen LogP contribution in [0.3, 0.4) is 0 Å². The van der Waals surface area contributed by atoms with Crippen molar-refractivity contribution in [1.29, 1.82) is 0 Å². The van der Waals surface area contributed by atoms with Crippen LogP contribution < -0.4 is 14.4 Å². The number of methoxy groups -OCH3 is 1. The summed E-state index contributed by atoms with van der Waals surface area (Å²) < 4.78 is 34.6. The summed E-state index contributed by atoms with van der Waals surface area (Å²) >= 11 is 0. The van der Waals surface area contributed by atoms with Gasteiger partial charge in [0.15, 0.2) is 0 Å². The number of aromatic nitrogens is 2. The number of nitrogens with zero attached hydrogens (tertiary/aromatic N) is 4. The molecule has 0 saturated carbocycles. The highest BCUT2D eigenvalue weighted by Gasteiger charge is 2.26. The second-order valence-corrected chi connectivity index (χ2v) is 5.55. The lowest BCUT2D eigenvalue weighted by Gasteiger charge is -2.35. The van der Waals surface area contributed by atoms with Crippen LogP contribution in [-0.4, -0.2) is 60.7 Å². The second kappa shape index (κ2) is 7.94. The first-order valence-electron chi connectivity index (χ1n) is 8.03. The van der Waals surface area contributed by atoms with Gasteiger partial charge >= 0.3 is 6.61 Å². The van der Waals surface area contributed by atoms with Gasteiger partial charge in [-0.2, -0.15) is 13.8 Å². The summed E-state index contributed by atoms with van der Waals surface area (Å²) in [4.78, 5) is 24.7. The van der Waals surface area contributed by atoms with E-state index in [0.717, 1.165) is 0 Å². The Bertz CT molecular complexity index is 767. The lowest BCUT2D eigenvalue weighted by molar-refractivity contribution is -0.0502. The SMILES string of the molecule is COc1ccnc(N2CCN(C(=O)c3ccccc3OC(F)F)CC2)n1. The van der Waals surface area contributed by atoms with Crippen molar-refractivity contribution in [3.8, 4) is 11.6 Å². The molecule has 0 aliphatic carbocycles. The molecular formula is C17H18F2N4O3. The van der Waals surface area contributed by atoms with Crippen molar-refractivity contribution in [2.45, 2.75) is 6.61 Å². The lowest BCUT2D eigenvalue weighted by Crippen LogP contribution is -2.49. The van der Waals surface area contributed by atoms with Crippen LogP contribution in [0.4, 0.5) is 14.7 Å². The highest BCUT2D eigenvalue weighted by molar-refractivity contribution is 5.97. The number of rotatable bonds is 5. The van der Waals surface area contributed by atoms with Crippen LogP contribution in [-0.2, 0) is 0 Å². The zero-order chi connectivity index (χ0) is 18.5. The maximum atomic E-state index is 12.7. The Hall–Kier alpha value is -2.97. The van der Waals surface area contributed by atoms with Gasteiger partial charge in [0.2, 0.25) is 11.8 Å². The predicted octanol–water partition coefficient (Wildman–Crippen LogP) is 2.05. The molecule has 1 aliphatic heterocycles. The van der Waals surface area contributed by atoms with E-state index < -0.39 is 6.61 Å². The molecule has 2 aromatic rings. The van der Waals surface area contributed by atoms with Crippen LogP contribution in [0.1, 0.15) is 10.4 Å². The molecule has 0 radical (unpaired) electrons. The van der Waals surface area contributed by atoms with Crippen LogP contribution in [0.15, 0.2) is 36.5 Å². The number of piperazine rings is 1. The highest BCUT2D eigenvalue weighted by atomic mass is 19.3. The molecule has 1 saturated heterocycles. The van der Waals surface area contributed by atoms with Crippen LogP contribution >= 0.6 is 0 Å². The van der Waals surface area contributed by atoms with Crippen LogP contribution in [0.5, 0.6) is 11.6 Å². The summed E-state index contributed by atoms with van der Waals surface area (Å²) in [6, 6.07) is 7.67. The minimum absolute atomic E-state index is 0.119. The molecule has 1 aromatic carbocycles. The third-order valence-corrected chi connectivity index (χ3v) is 4.01. The molecule has 2 heterocycles. The fraction of sp³-hybridized carbons (Fsp3) is 0.353. The summed E-state index contributed by atoms with van der Waals surface area (Å²) in [5.41, 5.74) is 0.124. The number of hydrogen-bond donors (Lipinski definition) is 0. The van der Waals surface area contributed by atoms with Crippen molar-refractivity contribution < 1.29 is 23.0 Å². The van der Waals surface area contributed by atoms with Crippen LogP contribution in [0.25, 0.3) is 0 Å². The van der Waals surface area contributed by atoms with Gasteiger partial charge in [-0.15, -0.1) is 0 Å². The van der Waals surface area contributed by atoms with Gasteiger partial charge < -0.3 is 19.3 Å². The third kappa shape index (κ3) is 3.98. The molecule has 3 rings (SSSR count). The number of anilines is 1. The highest BCUT2D eigenvalue weighted by Crippen LogP contribution is 2.23. The first-order valence-corrected chi connectivity index (χ1v) is 8.03. The van der Waals surface area contributed by atoms with Gasteiger partial charge in [0, 0.05) is 38.4 Å². The fourth-order valence-electron chi connectivity index (χ4n) is 2.72. The molecule has 0 bridgehead atoms. The smallest absolute Gasteiger partial charge is 0.387 e. The first-order chi connectivity index (χ1) is 12.6. The topological polar surface area (TPSA) is 67.8 Å². The van der Waals surface area contributed by atoms with E-state index in [9.17, 15) is 13.6 Å². The molecule has 7 nitrogen and oxygen atoms in total. The second-order valence-electron chi connectivity index (χ2n) is 5.55. The van der Waals surface area contributed by atoms with Crippen molar-refractivity contribution in [2.75, 3.05) is 38.2 Å².